The average molecular weight is 210 g/mol. The van der Waals surface area contributed by atoms with Crippen LogP contribution in [0.4, 0.5) is 0 Å². The molecule has 6 heteroatoms. The Labute approximate surface area is 84.9 Å². The van der Waals surface area contributed by atoms with Gasteiger partial charge in [0.25, 0.3) is 5.91 Å². The van der Waals surface area contributed by atoms with Gasteiger partial charge in [0.2, 0.25) is 0 Å². The predicted octanol–water partition coefficient (Wildman–Crippen LogP) is -0.422. The summed E-state index contributed by atoms with van der Waals surface area (Å²) in [4.78, 5) is 35.6. The highest BCUT2D eigenvalue weighted by atomic mass is 16.4. The molecule has 3 N–H and O–H groups in total. The molecule has 0 bridgehead atoms. The van der Waals surface area contributed by atoms with Crippen molar-refractivity contribution in [2.75, 3.05) is 0 Å². The summed E-state index contributed by atoms with van der Waals surface area (Å²) in [6, 6.07) is 0.164. The Hall–Kier alpha value is -2.11. The summed E-state index contributed by atoms with van der Waals surface area (Å²) in [5, 5.41) is 10.7. The van der Waals surface area contributed by atoms with Gasteiger partial charge in [-0.25, -0.2) is 0 Å². The minimum absolute atomic E-state index is 0.106. The highest BCUT2D eigenvalue weighted by Crippen LogP contribution is 1.90. The third-order valence-electron chi connectivity index (χ3n) is 1.79. The van der Waals surface area contributed by atoms with E-state index in [0.717, 1.165) is 0 Å². The fraction of sp³-hybridized carbons (Fsp3) is 0.222. The quantitative estimate of drug-likeness (QED) is 0.630. The van der Waals surface area contributed by atoms with Crippen LogP contribution in [0.1, 0.15) is 17.3 Å². The van der Waals surface area contributed by atoms with Gasteiger partial charge in [0.15, 0.2) is 5.43 Å². The van der Waals surface area contributed by atoms with Gasteiger partial charge < -0.3 is 15.4 Å². The molecule has 0 spiro atoms. The highest BCUT2D eigenvalue weighted by Gasteiger charge is 2.16. The average Bonchev–Trinajstić information content (AvgIpc) is 2.18. The Balaban J connectivity index is 2.83. The lowest BCUT2D eigenvalue weighted by molar-refractivity contribution is -0.138. The maximum atomic E-state index is 11.4. The molecule has 0 saturated heterocycles. The van der Waals surface area contributed by atoms with E-state index in [-0.39, 0.29) is 5.56 Å². The van der Waals surface area contributed by atoms with Gasteiger partial charge in [-0.3, -0.25) is 14.4 Å². The lowest BCUT2D eigenvalue weighted by atomic mass is 10.2. The van der Waals surface area contributed by atoms with E-state index in [1.54, 1.807) is 0 Å². The molecule has 0 radical (unpaired) electrons. The van der Waals surface area contributed by atoms with E-state index < -0.39 is 23.3 Å². The summed E-state index contributed by atoms with van der Waals surface area (Å²) in [6.45, 7) is 1.32. The van der Waals surface area contributed by atoms with E-state index in [4.69, 9.17) is 5.11 Å². The number of H-pyrrole nitrogens is 1. The molecule has 0 aliphatic carbocycles. The second-order valence-corrected chi connectivity index (χ2v) is 2.96. The van der Waals surface area contributed by atoms with Crippen molar-refractivity contribution >= 4 is 11.9 Å². The molecule has 0 saturated carbocycles. The van der Waals surface area contributed by atoms with Gasteiger partial charge >= 0.3 is 5.97 Å². The largest absolute Gasteiger partial charge is 0.480 e. The zero-order valence-corrected chi connectivity index (χ0v) is 7.98. The number of nitrogens with one attached hydrogen (secondary N) is 2. The SMILES string of the molecule is CC(NC(=O)c1c[nH]ccc1=O)C(=O)O. The topological polar surface area (TPSA) is 99.3 Å². The van der Waals surface area contributed by atoms with Crippen LogP contribution in [0.3, 0.4) is 0 Å². The molecule has 80 valence electrons. The fourth-order valence-electron chi connectivity index (χ4n) is 0.930. The summed E-state index contributed by atoms with van der Waals surface area (Å²) in [5.74, 6) is -1.86. The van der Waals surface area contributed by atoms with Crippen LogP contribution in [-0.4, -0.2) is 28.0 Å². The maximum absolute atomic E-state index is 11.4. The van der Waals surface area contributed by atoms with Crippen LogP contribution in [0.15, 0.2) is 23.3 Å². The van der Waals surface area contributed by atoms with Gasteiger partial charge in [0.05, 0.1) is 0 Å². The number of pyridine rings is 1. The molecule has 0 aliphatic rings. The van der Waals surface area contributed by atoms with Crippen molar-refractivity contribution < 1.29 is 14.7 Å². The number of carbonyl (C=O) groups is 2. The fourth-order valence-corrected chi connectivity index (χ4v) is 0.930. The number of carboxylic acid groups (broad SMARTS) is 1. The summed E-state index contributed by atoms with van der Waals surface area (Å²) in [7, 11) is 0. The van der Waals surface area contributed by atoms with Crippen LogP contribution >= 0.6 is 0 Å². The van der Waals surface area contributed by atoms with Gasteiger partial charge in [0.1, 0.15) is 11.6 Å². The molecule has 15 heavy (non-hydrogen) atoms. The monoisotopic (exact) mass is 210 g/mol. The second-order valence-electron chi connectivity index (χ2n) is 2.96. The summed E-state index contributed by atoms with van der Waals surface area (Å²) in [5.41, 5.74) is -0.561. The molecule has 0 fully saturated rings. The Morgan fingerprint density at radius 2 is 2.20 bits per heavy atom. The molecule has 1 atom stereocenters. The first-order chi connectivity index (χ1) is 7.02. The molecule has 1 unspecified atom stereocenters. The third kappa shape index (κ3) is 2.67. The zero-order valence-electron chi connectivity index (χ0n) is 7.98. The van der Waals surface area contributed by atoms with E-state index in [1.807, 2.05) is 0 Å². The van der Waals surface area contributed by atoms with Gasteiger partial charge in [-0.2, -0.15) is 0 Å². The van der Waals surface area contributed by atoms with Gasteiger partial charge in [-0.05, 0) is 6.92 Å². The van der Waals surface area contributed by atoms with Crippen molar-refractivity contribution in [3.8, 4) is 0 Å². The number of hydrogen-bond acceptors (Lipinski definition) is 3. The van der Waals surface area contributed by atoms with Crippen LogP contribution in [0.5, 0.6) is 0 Å². The number of aliphatic carboxylic acids is 1. The summed E-state index contributed by atoms with van der Waals surface area (Å²) >= 11 is 0. The van der Waals surface area contributed by atoms with Crippen molar-refractivity contribution in [2.45, 2.75) is 13.0 Å². The second kappa shape index (κ2) is 4.41. The Kier molecular flexibility index (Phi) is 3.22. The normalized spacial score (nSPS) is 11.8. The molecule has 0 aliphatic heterocycles. The Bertz CT molecular complexity index is 438. The van der Waals surface area contributed by atoms with Gasteiger partial charge in [-0.15, -0.1) is 0 Å². The standard InChI is InChI=1S/C9H10N2O4/c1-5(9(14)15)11-8(13)6-4-10-3-2-7(6)12/h2-5H,1H3,(H,10,12)(H,11,13)(H,14,15). The number of carbonyl (C=O) groups excluding carboxylic acids is 1. The first-order valence-corrected chi connectivity index (χ1v) is 4.23. The highest BCUT2D eigenvalue weighted by molar-refractivity contribution is 5.96. The maximum Gasteiger partial charge on any atom is 0.325 e. The van der Waals surface area contributed by atoms with E-state index in [1.165, 1.54) is 25.4 Å². The Morgan fingerprint density at radius 1 is 1.53 bits per heavy atom. The number of rotatable bonds is 3. The van der Waals surface area contributed by atoms with Crippen LogP contribution in [-0.2, 0) is 4.79 Å². The number of aromatic nitrogens is 1. The van der Waals surface area contributed by atoms with E-state index in [0.29, 0.717) is 0 Å². The minimum Gasteiger partial charge on any atom is -0.480 e. The lowest BCUT2D eigenvalue weighted by Gasteiger charge is -2.07. The predicted molar refractivity (Wildman–Crippen MR) is 51.6 cm³/mol. The first kappa shape index (κ1) is 11.0. The van der Waals surface area contributed by atoms with Crippen molar-refractivity contribution in [1.82, 2.24) is 10.3 Å². The number of amides is 1. The lowest BCUT2D eigenvalue weighted by Crippen LogP contribution is -2.40. The van der Waals surface area contributed by atoms with Crippen LogP contribution in [0, 0.1) is 0 Å². The van der Waals surface area contributed by atoms with E-state index >= 15 is 0 Å². The number of aromatic amines is 1. The summed E-state index contributed by atoms with van der Waals surface area (Å²) in [6.07, 6.45) is 2.62. The number of hydrogen-bond donors (Lipinski definition) is 3. The number of carboxylic acids is 1. The van der Waals surface area contributed by atoms with Crippen molar-refractivity contribution in [3.63, 3.8) is 0 Å². The molecule has 6 nitrogen and oxygen atoms in total. The molecule has 1 aromatic heterocycles. The first-order valence-electron chi connectivity index (χ1n) is 4.23. The van der Waals surface area contributed by atoms with Crippen LogP contribution < -0.4 is 10.7 Å². The van der Waals surface area contributed by atoms with Gasteiger partial charge in [-0.1, -0.05) is 0 Å². The van der Waals surface area contributed by atoms with Crippen LogP contribution in [0.2, 0.25) is 0 Å². The smallest absolute Gasteiger partial charge is 0.325 e. The minimum atomic E-state index is -1.16. The molecular weight excluding hydrogens is 200 g/mol. The summed E-state index contributed by atoms with van der Waals surface area (Å²) < 4.78 is 0. The van der Waals surface area contributed by atoms with Crippen molar-refractivity contribution in [2.24, 2.45) is 0 Å². The molecule has 0 aromatic carbocycles. The molecule has 1 rings (SSSR count). The van der Waals surface area contributed by atoms with Crippen molar-refractivity contribution in [3.05, 3.63) is 34.2 Å². The molecule has 1 aromatic rings. The van der Waals surface area contributed by atoms with E-state index in [2.05, 4.69) is 10.3 Å². The van der Waals surface area contributed by atoms with Crippen LogP contribution in [0.25, 0.3) is 0 Å². The van der Waals surface area contributed by atoms with Gasteiger partial charge in [0, 0.05) is 18.5 Å². The van der Waals surface area contributed by atoms with Crippen molar-refractivity contribution in [1.29, 1.82) is 0 Å². The van der Waals surface area contributed by atoms with E-state index in [9.17, 15) is 14.4 Å². The zero-order chi connectivity index (χ0) is 11.4. The Morgan fingerprint density at radius 3 is 2.73 bits per heavy atom. The third-order valence-corrected chi connectivity index (χ3v) is 1.79. The molecular formula is C9H10N2O4. The molecule has 1 heterocycles. The molecule has 1 amide bonds.